The average Bonchev–Trinajstić information content (AvgIpc) is 2.37. The SMILES string of the molecule is CC(C)CC(NCC(c1ccccc1)C(C)C)C(=O)O. The Labute approximate surface area is 122 Å². The molecule has 2 atom stereocenters. The lowest BCUT2D eigenvalue weighted by Gasteiger charge is -2.25. The van der Waals surface area contributed by atoms with Crippen LogP contribution in [-0.4, -0.2) is 23.7 Å². The summed E-state index contributed by atoms with van der Waals surface area (Å²) in [6.07, 6.45) is 0.662. The highest BCUT2D eigenvalue weighted by Gasteiger charge is 2.22. The molecule has 0 radical (unpaired) electrons. The summed E-state index contributed by atoms with van der Waals surface area (Å²) in [5.41, 5.74) is 1.27. The van der Waals surface area contributed by atoms with Gasteiger partial charge in [0, 0.05) is 6.54 Å². The molecule has 3 heteroatoms. The largest absolute Gasteiger partial charge is 0.480 e. The van der Waals surface area contributed by atoms with Crippen LogP contribution in [0.5, 0.6) is 0 Å². The highest BCUT2D eigenvalue weighted by atomic mass is 16.4. The maximum Gasteiger partial charge on any atom is 0.320 e. The van der Waals surface area contributed by atoms with Crippen molar-refractivity contribution in [1.82, 2.24) is 5.32 Å². The standard InChI is InChI=1S/C17H27NO2/c1-12(2)10-16(17(19)20)18-11-15(13(3)4)14-8-6-5-7-9-14/h5-9,12-13,15-16,18H,10-11H2,1-4H3,(H,19,20). The summed E-state index contributed by atoms with van der Waals surface area (Å²) in [6.45, 7) is 9.16. The van der Waals surface area contributed by atoms with E-state index < -0.39 is 12.0 Å². The first-order valence-electron chi connectivity index (χ1n) is 7.43. The van der Waals surface area contributed by atoms with Gasteiger partial charge in [-0.2, -0.15) is 0 Å². The van der Waals surface area contributed by atoms with E-state index in [0.29, 0.717) is 30.7 Å². The molecule has 3 nitrogen and oxygen atoms in total. The highest BCUT2D eigenvalue weighted by Crippen LogP contribution is 2.23. The number of nitrogens with one attached hydrogen (secondary N) is 1. The number of hydrogen-bond donors (Lipinski definition) is 2. The number of rotatable bonds is 8. The van der Waals surface area contributed by atoms with Crippen molar-refractivity contribution < 1.29 is 9.90 Å². The second-order valence-electron chi connectivity index (χ2n) is 6.19. The zero-order chi connectivity index (χ0) is 15.1. The lowest BCUT2D eigenvalue weighted by molar-refractivity contribution is -0.139. The van der Waals surface area contributed by atoms with Gasteiger partial charge in [-0.3, -0.25) is 4.79 Å². The fourth-order valence-corrected chi connectivity index (χ4v) is 2.45. The van der Waals surface area contributed by atoms with E-state index in [9.17, 15) is 9.90 Å². The summed E-state index contributed by atoms with van der Waals surface area (Å²) in [7, 11) is 0. The number of carboxylic acid groups (broad SMARTS) is 1. The van der Waals surface area contributed by atoms with E-state index in [2.05, 4.69) is 45.1 Å². The lowest BCUT2D eigenvalue weighted by atomic mass is 9.88. The summed E-state index contributed by atoms with van der Waals surface area (Å²) in [4.78, 5) is 11.3. The van der Waals surface area contributed by atoms with Crippen molar-refractivity contribution >= 4 is 5.97 Å². The third-order valence-electron chi connectivity index (χ3n) is 3.62. The van der Waals surface area contributed by atoms with Gasteiger partial charge in [-0.15, -0.1) is 0 Å². The molecule has 1 rings (SSSR count). The highest BCUT2D eigenvalue weighted by molar-refractivity contribution is 5.73. The Hall–Kier alpha value is -1.35. The van der Waals surface area contributed by atoms with Crippen LogP contribution in [0.1, 0.15) is 45.6 Å². The van der Waals surface area contributed by atoms with Gasteiger partial charge in [0.05, 0.1) is 0 Å². The van der Waals surface area contributed by atoms with Crippen LogP contribution in [-0.2, 0) is 4.79 Å². The number of hydrogen-bond acceptors (Lipinski definition) is 2. The van der Waals surface area contributed by atoms with Crippen molar-refractivity contribution in [1.29, 1.82) is 0 Å². The Morgan fingerprint density at radius 3 is 2.20 bits per heavy atom. The fourth-order valence-electron chi connectivity index (χ4n) is 2.45. The molecule has 0 fully saturated rings. The van der Waals surface area contributed by atoms with Gasteiger partial charge in [0.15, 0.2) is 0 Å². The summed E-state index contributed by atoms with van der Waals surface area (Å²) in [6, 6.07) is 9.85. The molecular weight excluding hydrogens is 250 g/mol. The zero-order valence-corrected chi connectivity index (χ0v) is 13.0. The van der Waals surface area contributed by atoms with E-state index in [4.69, 9.17) is 0 Å². The van der Waals surface area contributed by atoms with Gasteiger partial charge in [-0.1, -0.05) is 58.0 Å². The van der Waals surface area contributed by atoms with Crippen LogP contribution in [0, 0.1) is 11.8 Å². The molecule has 0 aliphatic rings. The first-order chi connectivity index (χ1) is 9.41. The van der Waals surface area contributed by atoms with E-state index in [1.165, 1.54) is 5.56 Å². The Morgan fingerprint density at radius 2 is 1.75 bits per heavy atom. The smallest absolute Gasteiger partial charge is 0.320 e. The summed E-state index contributed by atoms with van der Waals surface area (Å²) in [5, 5.41) is 12.5. The van der Waals surface area contributed by atoms with Gasteiger partial charge < -0.3 is 10.4 Å². The average molecular weight is 277 g/mol. The predicted molar refractivity (Wildman–Crippen MR) is 82.9 cm³/mol. The van der Waals surface area contributed by atoms with Gasteiger partial charge >= 0.3 is 5.97 Å². The van der Waals surface area contributed by atoms with E-state index >= 15 is 0 Å². The molecule has 1 aromatic carbocycles. The molecule has 112 valence electrons. The second kappa shape index (κ2) is 8.05. The van der Waals surface area contributed by atoms with E-state index in [1.807, 2.05) is 18.2 Å². The minimum absolute atomic E-state index is 0.338. The van der Waals surface area contributed by atoms with Crippen molar-refractivity contribution in [3.05, 3.63) is 35.9 Å². The van der Waals surface area contributed by atoms with Gasteiger partial charge in [-0.05, 0) is 29.7 Å². The molecule has 0 heterocycles. The molecule has 2 unspecified atom stereocenters. The summed E-state index contributed by atoms with van der Waals surface area (Å²) in [5.74, 6) is 0.427. The molecule has 0 bridgehead atoms. The maximum atomic E-state index is 11.3. The van der Waals surface area contributed by atoms with E-state index in [-0.39, 0.29) is 0 Å². The minimum atomic E-state index is -0.755. The molecule has 0 amide bonds. The molecular formula is C17H27NO2. The minimum Gasteiger partial charge on any atom is -0.480 e. The number of carbonyl (C=O) groups is 1. The summed E-state index contributed by atoms with van der Waals surface area (Å²) >= 11 is 0. The van der Waals surface area contributed by atoms with Crippen molar-refractivity contribution in [3.8, 4) is 0 Å². The van der Waals surface area contributed by atoms with E-state index in [1.54, 1.807) is 0 Å². The van der Waals surface area contributed by atoms with Crippen molar-refractivity contribution in [2.75, 3.05) is 6.54 Å². The molecule has 0 spiro atoms. The lowest BCUT2D eigenvalue weighted by Crippen LogP contribution is -2.40. The monoisotopic (exact) mass is 277 g/mol. The Balaban J connectivity index is 2.69. The maximum absolute atomic E-state index is 11.3. The van der Waals surface area contributed by atoms with Gasteiger partial charge in [0.2, 0.25) is 0 Å². The Bertz CT molecular complexity index is 401. The van der Waals surface area contributed by atoms with Gasteiger partial charge in [0.1, 0.15) is 6.04 Å². The quantitative estimate of drug-likeness (QED) is 0.764. The number of benzene rings is 1. The molecule has 0 aliphatic heterocycles. The van der Waals surface area contributed by atoms with Crippen molar-refractivity contribution in [3.63, 3.8) is 0 Å². The third kappa shape index (κ3) is 5.33. The van der Waals surface area contributed by atoms with Crippen molar-refractivity contribution in [2.24, 2.45) is 11.8 Å². The van der Waals surface area contributed by atoms with E-state index in [0.717, 1.165) is 0 Å². The van der Waals surface area contributed by atoms with Crippen LogP contribution in [0.4, 0.5) is 0 Å². The number of carboxylic acids is 1. The topological polar surface area (TPSA) is 49.3 Å². The van der Waals surface area contributed by atoms with Crippen molar-refractivity contribution in [2.45, 2.75) is 46.1 Å². The molecule has 2 N–H and O–H groups in total. The van der Waals surface area contributed by atoms with Gasteiger partial charge in [0.25, 0.3) is 0 Å². The van der Waals surface area contributed by atoms with Crippen LogP contribution in [0.15, 0.2) is 30.3 Å². The first-order valence-corrected chi connectivity index (χ1v) is 7.43. The van der Waals surface area contributed by atoms with Crippen LogP contribution in [0.25, 0.3) is 0 Å². The molecule has 0 saturated carbocycles. The molecule has 0 aliphatic carbocycles. The Morgan fingerprint density at radius 1 is 1.15 bits per heavy atom. The summed E-state index contributed by atoms with van der Waals surface area (Å²) < 4.78 is 0. The molecule has 20 heavy (non-hydrogen) atoms. The molecule has 0 saturated heterocycles. The van der Waals surface area contributed by atoms with Crippen LogP contribution in [0.3, 0.4) is 0 Å². The second-order valence-corrected chi connectivity index (χ2v) is 6.19. The van der Waals surface area contributed by atoms with Crippen LogP contribution in [0.2, 0.25) is 0 Å². The predicted octanol–water partition coefficient (Wildman–Crippen LogP) is 3.52. The fraction of sp³-hybridized carbons (Fsp3) is 0.588. The first kappa shape index (κ1) is 16.7. The van der Waals surface area contributed by atoms with Crippen LogP contribution >= 0.6 is 0 Å². The van der Waals surface area contributed by atoms with Crippen LogP contribution < -0.4 is 5.32 Å². The number of aliphatic carboxylic acids is 1. The normalized spacial score (nSPS) is 14.5. The molecule has 1 aromatic rings. The zero-order valence-electron chi connectivity index (χ0n) is 13.0. The van der Waals surface area contributed by atoms with Gasteiger partial charge in [-0.25, -0.2) is 0 Å². The third-order valence-corrected chi connectivity index (χ3v) is 3.62. The molecule has 0 aromatic heterocycles. The Kier molecular flexibility index (Phi) is 6.73.